The Balaban J connectivity index is 1.77. The maximum atomic E-state index is 6.19. The predicted octanol–water partition coefficient (Wildman–Crippen LogP) is 7.22. The maximum Gasteiger partial charge on any atom is 0.0598 e. The zero-order valence-electron chi connectivity index (χ0n) is 21.9. The summed E-state index contributed by atoms with van der Waals surface area (Å²) in [6, 6.07) is 29.1. The zero-order chi connectivity index (χ0) is 24.7. The molecule has 2 nitrogen and oxygen atoms in total. The van der Waals surface area contributed by atoms with Crippen LogP contribution in [0.5, 0.6) is 0 Å². The molecule has 2 heteroatoms. The number of allylic oxidation sites excluding steroid dienone is 1. The van der Waals surface area contributed by atoms with Crippen LogP contribution in [0.3, 0.4) is 0 Å². The van der Waals surface area contributed by atoms with Crippen LogP contribution in [0.2, 0.25) is 0 Å². The van der Waals surface area contributed by atoms with E-state index in [0.29, 0.717) is 12.0 Å². The summed E-state index contributed by atoms with van der Waals surface area (Å²) in [4.78, 5) is 0. The van der Waals surface area contributed by atoms with Gasteiger partial charge in [-0.05, 0) is 79.0 Å². The molecule has 35 heavy (non-hydrogen) atoms. The standard InChI is InChI=1S/C33H41NO/c1-5-35-24-33(21-26(4)34-23-25(2)3)22-30(20-28-15-10-7-11-16-28)32-29(17-12-18-31(32)33)19-27-13-8-6-9-14-27/h6-18,22,25-26,34H,5,19-21,23-24H2,1-4H3. The fraction of sp³-hybridized carbons (Fsp3) is 0.394. The summed E-state index contributed by atoms with van der Waals surface area (Å²) in [5.41, 5.74) is 8.32. The zero-order valence-corrected chi connectivity index (χ0v) is 21.9. The number of ether oxygens (including phenoxy) is 1. The molecule has 1 aliphatic rings. The molecule has 0 spiro atoms. The summed E-state index contributed by atoms with van der Waals surface area (Å²) < 4.78 is 6.19. The van der Waals surface area contributed by atoms with E-state index in [-0.39, 0.29) is 5.41 Å². The van der Waals surface area contributed by atoms with Crippen LogP contribution in [0.15, 0.2) is 84.9 Å². The number of hydrogen-bond acceptors (Lipinski definition) is 2. The first-order valence-corrected chi connectivity index (χ1v) is 13.2. The van der Waals surface area contributed by atoms with Gasteiger partial charge in [0.25, 0.3) is 0 Å². The topological polar surface area (TPSA) is 21.3 Å². The van der Waals surface area contributed by atoms with Crippen molar-refractivity contribution in [2.24, 2.45) is 5.92 Å². The number of rotatable bonds is 12. The molecular formula is C33H41NO. The van der Waals surface area contributed by atoms with Gasteiger partial charge in [0.2, 0.25) is 0 Å². The molecular weight excluding hydrogens is 426 g/mol. The van der Waals surface area contributed by atoms with Crippen molar-refractivity contribution in [2.75, 3.05) is 19.8 Å². The van der Waals surface area contributed by atoms with Gasteiger partial charge in [-0.15, -0.1) is 0 Å². The lowest BCUT2D eigenvalue weighted by Crippen LogP contribution is -2.39. The predicted molar refractivity (Wildman–Crippen MR) is 149 cm³/mol. The molecule has 1 aliphatic carbocycles. The molecule has 0 amide bonds. The Kier molecular flexibility index (Phi) is 8.59. The van der Waals surface area contributed by atoms with E-state index in [1.165, 1.54) is 33.4 Å². The SMILES string of the molecule is CCOCC1(CC(C)NCC(C)C)C=C(Cc2ccccc2)c2c(Cc3ccccc3)cccc21. The van der Waals surface area contributed by atoms with E-state index in [0.717, 1.165) is 39.0 Å². The third-order valence-corrected chi connectivity index (χ3v) is 7.04. The molecule has 4 rings (SSSR count). The van der Waals surface area contributed by atoms with E-state index in [1.807, 2.05) is 0 Å². The average molecular weight is 468 g/mol. The number of benzene rings is 3. The highest BCUT2D eigenvalue weighted by Gasteiger charge is 2.40. The molecule has 184 valence electrons. The molecule has 0 aliphatic heterocycles. The average Bonchev–Trinajstić information content (AvgIpc) is 3.16. The summed E-state index contributed by atoms with van der Waals surface area (Å²) in [5.74, 6) is 0.637. The minimum Gasteiger partial charge on any atom is -0.380 e. The van der Waals surface area contributed by atoms with Crippen LogP contribution in [0.4, 0.5) is 0 Å². The van der Waals surface area contributed by atoms with E-state index in [1.54, 1.807) is 0 Å². The van der Waals surface area contributed by atoms with Crippen LogP contribution in [0.1, 0.15) is 61.9 Å². The molecule has 0 heterocycles. The quantitative estimate of drug-likeness (QED) is 0.304. The second-order valence-corrected chi connectivity index (χ2v) is 10.5. The summed E-state index contributed by atoms with van der Waals surface area (Å²) in [6.07, 6.45) is 5.48. The van der Waals surface area contributed by atoms with Gasteiger partial charge in [-0.1, -0.05) is 98.8 Å². The molecule has 0 fully saturated rings. The molecule has 1 N–H and O–H groups in total. The van der Waals surface area contributed by atoms with E-state index < -0.39 is 0 Å². The van der Waals surface area contributed by atoms with Gasteiger partial charge in [0.1, 0.15) is 0 Å². The molecule has 2 atom stereocenters. The van der Waals surface area contributed by atoms with E-state index >= 15 is 0 Å². The summed E-state index contributed by atoms with van der Waals surface area (Å²) >= 11 is 0. The number of hydrogen-bond donors (Lipinski definition) is 1. The Morgan fingerprint density at radius 3 is 2.09 bits per heavy atom. The van der Waals surface area contributed by atoms with Crippen molar-refractivity contribution in [3.8, 4) is 0 Å². The highest BCUT2D eigenvalue weighted by molar-refractivity contribution is 5.80. The molecule has 2 unspecified atom stereocenters. The molecule has 0 saturated heterocycles. The Morgan fingerprint density at radius 1 is 0.800 bits per heavy atom. The molecule has 0 radical (unpaired) electrons. The molecule has 3 aromatic rings. The molecule has 3 aromatic carbocycles. The van der Waals surface area contributed by atoms with Crippen LogP contribution in [-0.2, 0) is 23.0 Å². The van der Waals surface area contributed by atoms with Crippen molar-refractivity contribution < 1.29 is 4.74 Å². The van der Waals surface area contributed by atoms with Crippen molar-refractivity contribution in [1.29, 1.82) is 0 Å². The van der Waals surface area contributed by atoms with Gasteiger partial charge in [-0.2, -0.15) is 0 Å². The van der Waals surface area contributed by atoms with Crippen molar-refractivity contribution in [3.05, 3.63) is 113 Å². The van der Waals surface area contributed by atoms with E-state index in [4.69, 9.17) is 4.74 Å². The van der Waals surface area contributed by atoms with Crippen LogP contribution >= 0.6 is 0 Å². The van der Waals surface area contributed by atoms with E-state index in [2.05, 4.69) is 118 Å². The van der Waals surface area contributed by atoms with Gasteiger partial charge in [0, 0.05) is 18.1 Å². The first-order chi connectivity index (χ1) is 17.0. The Hall–Kier alpha value is -2.68. The highest BCUT2D eigenvalue weighted by Crippen LogP contribution is 2.47. The third-order valence-electron chi connectivity index (χ3n) is 7.04. The van der Waals surface area contributed by atoms with Crippen molar-refractivity contribution in [1.82, 2.24) is 5.32 Å². The van der Waals surface area contributed by atoms with Gasteiger partial charge in [-0.3, -0.25) is 0 Å². The molecule has 0 aromatic heterocycles. The van der Waals surface area contributed by atoms with Gasteiger partial charge >= 0.3 is 0 Å². The highest BCUT2D eigenvalue weighted by atomic mass is 16.5. The Bertz CT molecular complexity index is 1100. The lowest BCUT2D eigenvalue weighted by Gasteiger charge is -2.33. The van der Waals surface area contributed by atoms with Crippen LogP contribution < -0.4 is 5.32 Å². The van der Waals surface area contributed by atoms with Crippen molar-refractivity contribution >= 4 is 5.57 Å². The van der Waals surface area contributed by atoms with Gasteiger partial charge < -0.3 is 10.1 Å². The molecule has 0 saturated carbocycles. The number of nitrogens with one attached hydrogen (secondary N) is 1. The van der Waals surface area contributed by atoms with Crippen molar-refractivity contribution in [2.45, 2.75) is 58.4 Å². The first kappa shape index (κ1) is 25.4. The fourth-order valence-electron chi connectivity index (χ4n) is 5.48. The Labute approximate surface area is 212 Å². The second-order valence-electron chi connectivity index (χ2n) is 10.5. The Morgan fingerprint density at radius 2 is 1.46 bits per heavy atom. The monoisotopic (exact) mass is 467 g/mol. The third kappa shape index (κ3) is 6.31. The van der Waals surface area contributed by atoms with Gasteiger partial charge in [0.05, 0.1) is 6.61 Å². The summed E-state index contributed by atoms with van der Waals surface area (Å²) in [7, 11) is 0. The molecule has 0 bridgehead atoms. The maximum absolute atomic E-state index is 6.19. The van der Waals surface area contributed by atoms with Crippen molar-refractivity contribution in [3.63, 3.8) is 0 Å². The number of fused-ring (bicyclic) bond motifs is 1. The summed E-state index contributed by atoms with van der Waals surface area (Å²) in [5, 5.41) is 3.78. The van der Waals surface area contributed by atoms with Gasteiger partial charge in [-0.25, -0.2) is 0 Å². The van der Waals surface area contributed by atoms with Crippen LogP contribution in [0.25, 0.3) is 5.57 Å². The van der Waals surface area contributed by atoms with Crippen LogP contribution in [0, 0.1) is 5.92 Å². The summed E-state index contributed by atoms with van der Waals surface area (Å²) in [6.45, 7) is 11.5. The second kappa shape index (κ2) is 11.8. The lowest BCUT2D eigenvalue weighted by molar-refractivity contribution is 0.103. The normalized spacial score (nSPS) is 17.9. The first-order valence-electron chi connectivity index (χ1n) is 13.2. The van der Waals surface area contributed by atoms with Crippen LogP contribution in [-0.4, -0.2) is 25.8 Å². The lowest BCUT2D eigenvalue weighted by atomic mass is 9.77. The minimum absolute atomic E-state index is 0.119. The van der Waals surface area contributed by atoms with Gasteiger partial charge in [0.15, 0.2) is 0 Å². The van der Waals surface area contributed by atoms with E-state index in [9.17, 15) is 0 Å². The minimum atomic E-state index is -0.119. The fourth-order valence-corrected chi connectivity index (χ4v) is 5.48. The largest absolute Gasteiger partial charge is 0.380 e. The smallest absolute Gasteiger partial charge is 0.0598 e.